The van der Waals surface area contributed by atoms with Crippen LogP contribution >= 0.6 is 0 Å². The quantitative estimate of drug-likeness (QED) is 0.606. The standard InChI is InChI=1S/C13H19N/c1-10-5-6-12-11(9-10)7-8-14(4)13(12,2)3/h5-6,9H,7-8H2,1-4H3. The van der Waals surface area contributed by atoms with Crippen LogP contribution in [0.3, 0.4) is 0 Å². The lowest BCUT2D eigenvalue weighted by Gasteiger charge is -2.41. The Kier molecular flexibility index (Phi) is 2.15. The second-order valence-electron chi connectivity index (χ2n) is 4.89. The fourth-order valence-electron chi connectivity index (χ4n) is 2.30. The van der Waals surface area contributed by atoms with Gasteiger partial charge in [0.25, 0.3) is 0 Å². The van der Waals surface area contributed by atoms with E-state index < -0.39 is 0 Å². The molecule has 0 bridgehead atoms. The summed E-state index contributed by atoms with van der Waals surface area (Å²) in [5, 5.41) is 0. The van der Waals surface area contributed by atoms with Crippen LogP contribution in [0.2, 0.25) is 0 Å². The molecule has 1 aromatic carbocycles. The fraction of sp³-hybridized carbons (Fsp3) is 0.538. The Labute approximate surface area is 86.7 Å². The minimum absolute atomic E-state index is 0.196. The largest absolute Gasteiger partial charge is 0.297 e. The van der Waals surface area contributed by atoms with Gasteiger partial charge < -0.3 is 0 Å². The van der Waals surface area contributed by atoms with Gasteiger partial charge >= 0.3 is 0 Å². The van der Waals surface area contributed by atoms with Crippen molar-refractivity contribution in [1.82, 2.24) is 4.90 Å². The summed E-state index contributed by atoms with van der Waals surface area (Å²) in [7, 11) is 2.21. The molecule has 0 radical (unpaired) electrons. The zero-order valence-corrected chi connectivity index (χ0v) is 9.59. The molecule has 14 heavy (non-hydrogen) atoms. The molecule has 0 N–H and O–H groups in total. The number of benzene rings is 1. The zero-order valence-electron chi connectivity index (χ0n) is 9.59. The number of hydrogen-bond donors (Lipinski definition) is 0. The maximum Gasteiger partial charge on any atom is 0.0404 e. The summed E-state index contributed by atoms with van der Waals surface area (Å²) in [5.41, 5.74) is 4.61. The van der Waals surface area contributed by atoms with Crippen LogP contribution in [-0.4, -0.2) is 18.5 Å². The summed E-state index contributed by atoms with van der Waals surface area (Å²) in [6.07, 6.45) is 1.19. The van der Waals surface area contributed by atoms with Crippen molar-refractivity contribution in [3.05, 3.63) is 34.9 Å². The molecule has 0 aromatic heterocycles. The summed E-state index contributed by atoms with van der Waals surface area (Å²) < 4.78 is 0. The second-order valence-corrected chi connectivity index (χ2v) is 4.89. The molecule has 0 spiro atoms. The van der Waals surface area contributed by atoms with Crippen LogP contribution < -0.4 is 0 Å². The molecule has 0 aliphatic carbocycles. The number of aryl methyl sites for hydroxylation is 1. The first-order valence-electron chi connectivity index (χ1n) is 5.33. The maximum absolute atomic E-state index is 2.44. The number of fused-ring (bicyclic) bond motifs is 1. The number of likely N-dealkylation sites (N-methyl/N-ethyl adjacent to an activating group) is 1. The summed E-state index contributed by atoms with van der Waals surface area (Å²) >= 11 is 0. The first kappa shape index (κ1) is 9.72. The van der Waals surface area contributed by atoms with Crippen molar-refractivity contribution in [3.8, 4) is 0 Å². The number of rotatable bonds is 0. The average Bonchev–Trinajstić information content (AvgIpc) is 2.12. The van der Waals surface area contributed by atoms with E-state index in [0.717, 1.165) is 0 Å². The third-order valence-electron chi connectivity index (χ3n) is 3.59. The monoisotopic (exact) mass is 189 g/mol. The molecule has 1 aliphatic heterocycles. The third kappa shape index (κ3) is 1.36. The fourth-order valence-corrected chi connectivity index (χ4v) is 2.30. The first-order chi connectivity index (χ1) is 6.51. The second kappa shape index (κ2) is 3.09. The van der Waals surface area contributed by atoms with Gasteiger partial charge in [0.15, 0.2) is 0 Å². The molecule has 0 saturated heterocycles. The number of nitrogens with zero attached hydrogens (tertiary/aromatic N) is 1. The first-order valence-corrected chi connectivity index (χ1v) is 5.33. The molecule has 0 unspecified atom stereocenters. The van der Waals surface area contributed by atoms with Gasteiger partial charge in [0, 0.05) is 12.1 Å². The van der Waals surface area contributed by atoms with Crippen LogP contribution in [-0.2, 0) is 12.0 Å². The lowest BCUT2D eigenvalue weighted by Crippen LogP contribution is -2.43. The van der Waals surface area contributed by atoms with Gasteiger partial charge in [-0.05, 0) is 45.4 Å². The third-order valence-corrected chi connectivity index (χ3v) is 3.59. The highest BCUT2D eigenvalue weighted by atomic mass is 15.2. The predicted octanol–water partition coefficient (Wildman–Crippen LogP) is 2.72. The molecule has 0 fully saturated rings. The summed E-state index contributed by atoms with van der Waals surface area (Å²) in [6.45, 7) is 7.95. The highest BCUT2D eigenvalue weighted by Crippen LogP contribution is 2.33. The van der Waals surface area contributed by atoms with Gasteiger partial charge in [-0.15, -0.1) is 0 Å². The molecule has 76 valence electrons. The van der Waals surface area contributed by atoms with Crippen molar-refractivity contribution in [1.29, 1.82) is 0 Å². The SMILES string of the molecule is Cc1ccc2c(c1)CCN(C)C2(C)C. The molecule has 1 nitrogen and oxygen atoms in total. The van der Waals surface area contributed by atoms with Gasteiger partial charge in [-0.3, -0.25) is 4.90 Å². The smallest absolute Gasteiger partial charge is 0.0404 e. The highest BCUT2D eigenvalue weighted by molar-refractivity contribution is 5.38. The molecule has 2 rings (SSSR count). The predicted molar refractivity (Wildman–Crippen MR) is 60.5 cm³/mol. The average molecular weight is 189 g/mol. The van der Waals surface area contributed by atoms with Gasteiger partial charge in [0.1, 0.15) is 0 Å². The van der Waals surface area contributed by atoms with Crippen LogP contribution in [0.5, 0.6) is 0 Å². The Bertz CT molecular complexity index is 352. The lowest BCUT2D eigenvalue weighted by molar-refractivity contribution is 0.143. The van der Waals surface area contributed by atoms with Crippen LogP contribution in [0, 0.1) is 6.92 Å². The van der Waals surface area contributed by atoms with Gasteiger partial charge in [0.05, 0.1) is 0 Å². The van der Waals surface area contributed by atoms with Crippen molar-refractivity contribution in [2.24, 2.45) is 0 Å². The Morgan fingerprint density at radius 3 is 2.71 bits per heavy atom. The van der Waals surface area contributed by atoms with Crippen LogP contribution in [0.1, 0.15) is 30.5 Å². The van der Waals surface area contributed by atoms with Crippen molar-refractivity contribution < 1.29 is 0 Å². The van der Waals surface area contributed by atoms with E-state index in [4.69, 9.17) is 0 Å². The van der Waals surface area contributed by atoms with Crippen LogP contribution in [0.4, 0.5) is 0 Å². The molecular weight excluding hydrogens is 170 g/mol. The maximum atomic E-state index is 2.44. The molecule has 0 amide bonds. The lowest BCUT2D eigenvalue weighted by atomic mass is 9.83. The van der Waals surface area contributed by atoms with Crippen molar-refractivity contribution in [2.75, 3.05) is 13.6 Å². The zero-order chi connectivity index (χ0) is 10.3. The Balaban J connectivity index is 2.53. The van der Waals surface area contributed by atoms with Gasteiger partial charge in [-0.2, -0.15) is 0 Å². The Morgan fingerprint density at radius 2 is 2.00 bits per heavy atom. The van der Waals surface area contributed by atoms with Crippen LogP contribution in [0.25, 0.3) is 0 Å². The number of hydrogen-bond acceptors (Lipinski definition) is 1. The topological polar surface area (TPSA) is 3.24 Å². The molecule has 1 aromatic rings. The van der Waals surface area contributed by atoms with Gasteiger partial charge in [-0.25, -0.2) is 0 Å². The van der Waals surface area contributed by atoms with E-state index >= 15 is 0 Å². The van der Waals surface area contributed by atoms with Gasteiger partial charge in [0.2, 0.25) is 0 Å². The molecule has 0 atom stereocenters. The van der Waals surface area contributed by atoms with Crippen molar-refractivity contribution >= 4 is 0 Å². The summed E-state index contributed by atoms with van der Waals surface area (Å²) in [5.74, 6) is 0. The summed E-state index contributed by atoms with van der Waals surface area (Å²) in [4.78, 5) is 2.44. The molecule has 0 saturated carbocycles. The van der Waals surface area contributed by atoms with E-state index in [0.29, 0.717) is 0 Å². The van der Waals surface area contributed by atoms with Crippen molar-refractivity contribution in [2.45, 2.75) is 32.7 Å². The molecular formula is C13H19N. The van der Waals surface area contributed by atoms with E-state index in [9.17, 15) is 0 Å². The molecule has 1 heteroatoms. The normalized spacial score (nSPS) is 20.6. The molecule has 1 aliphatic rings. The minimum atomic E-state index is 0.196. The van der Waals surface area contributed by atoms with Crippen molar-refractivity contribution in [3.63, 3.8) is 0 Å². The van der Waals surface area contributed by atoms with E-state index in [1.165, 1.54) is 29.7 Å². The van der Waals surface area contributed by atoms with E-state index in [2.05, 4.69) is 50.9 Å². The van der Waals surface area contributed by atoms with E-state index in [1.54, 1.807) is 0 Å². The Morgan fingerprint density at radius 1 is 1.29 bits per heavy atom. The molecule has 1 heterocycles. The van der Waals surface area contributed by atoms with Gasteiger partial charge in [-0.1, -0.05) is 23.8 Å². The van der Waals surface area contributed by atoms with Crippen LogP contribution in [0.15, 0.2) is 18.2 Å². The summed E-state index contributed by atoms with van der Waals surface area (Å²) in [6, 6.07) is 6.85. The minimum Gasteiger partial charge on any atom is -0.297 e. The van der Waals surface area contributed by atoms with E-state index in [1.807, 2.05) is 0 Å². The Hall–Kier alpha value is -0.820. The van der Waals surface area contributed by atoms with E-state index in [-0.39, 0.29) is 5.54 Å². The highest BCUT2D eigenvalue weighted by Gasteiger charge is 2.31.